The molecule has 150 valence electrons. The van der Waals surface area contributed by atoms with Gasteiger partial charge in [-0.05, 0) is 40.3 Å². The molecule has 0 atom stereocenters. The number of benzene rings is 2. The molecule has 1 aliphatic rings. The first-order valence-electron chi connectivity index (χ1n) is 9.49. The normalized spacial score (nSPS) is 14.0. The van der Waals surface area contributed by atoms with Crippen LogP contribution in [-0.2, 0) is 6.54 Å². The maximum Gasteiger partial charge on any atom is 0.317 e. The molecule has 1 aliphatic heterocycles. The molecule has 2 amide bonds. The number of para-hydroxylation sites is 1. The van der Waals surface area contributed by atoms with Crippen molar-refractivity contribution in [2.24, 2.45) is 0 Å². The molecule has 9 heteroatoms. The van der Waals surface area contributed by atoms with E-state index in [4.69, 9.17) is 4.74 Å². The molecule has 3 aromatic rings. The van der Waals surface area contributed by atoms with Crippen LogP contribution in [0.1, 0.15) is 5.56 Å². The summed E-state index contributed by atoms with van der Waals surface area (Å²) >= 11 is 0. The van der Waals surface area contributed by atoms with Gasteiger partial charge in [-0.2, -0.15) is 4.68 Å². The highest BCUT2D eigenvalue weighted by Crippen LogP contribution is 2.17. The number of amides is 2. The van der Waals surface area contributed by atoms with Crippen molar-refractivity contribution in [3.8, 4) is 11.4 Å². The number of carbonyl (C=O) groups is 1. The quantitative estimate of drug-likeness (QED) is 0.710. The van der Waals surface area contributed by atoms with Crippen molar-refractivity contribution in [3.63, 3.8) is 0 Å². The highest BCUT2D eigenvalue weighted by Gasteiger charge is 2.24. The Labute approximate surface area is 168 Å². The summed E-state index contributed by atoms with van der Waals surface area (Å²) in [7, 11) is 1.63. The molecule has 0 aliphatic carbocycles. The standard InChI is InChI=1S/C20H23N7O2/c1-29-18-9-7-16(8-10-18)15-21-20(28)26-13-11-25(12-14-26)19-22-23-24-27(19)17-5-3-2-4-6-17/h2-10H,11-15H2,1H3,(H,21,28). The number of nitrogens with zero attached hydrogens (tertiary/aromatic N) is 6. The Bertz CT molecular complexity index is 935. The average molecular weight is 393 g/mol. The van der Waals surface area contributed by atoms with Crippen LogP contribution in [0.4, 0.5) is 10.7 Å². The van der Waals surface area contributed by atoms with E-state index in [0.29, 0.717) is 38.7 Å². The fraction of sp³-hybridized carbons (Fsp3) is 0.300. The predicted octanol–water partition coefficient (Wildman–Crippen LogP) is 1.70. The number of rotatable bonds is 5. The summed E-state index contributed by atoms with van der Waals surface area (Å²) in [6.07, 6.45) is 0. The fourth-order valence-corrected chi connectivity index (χ4v) is 3.26. The van der Waals surface area contributed by atoms with Crippen LogP contribution in [-0.4, -0.2) is 64.4 Å². The van der Waals surface area contributed by atoms with Gasteiger partial charge in [0, 0.05) is 32.7 Å². The maximum atomic E-state index is 12.5. The molecule has 1 N–H and O–H groups in total. The van der Waals surface area contributed by atoms with E-state index < -0.39 is 0 Å². The zero-order chi connectivity index (χ0) is 20.1. The number of hydrogen-bond donors (Lipinski definition) is 1. The number of urea groups is 1. The SMILES string of the molecule is COc1ccc(CNC(=O)N2CCN(c3nnnn3-c3ccccc3)CC2)cc1. The molecule has 0 unspecified atom stereocenters. The first-order chi connectivity index (χ1) is 14.2. The average Bonchev–Trinajstić information content (AvgIpc) is 3.28. The highest BCUT2D eigenvalue weighted by atomic mass is 16.5. The van der Waals surface area contributed by atoms with E-state index in [2.05, 4.69) is 25.7 Å². The second-order valence-electron chi connectivity index (χ2n) is 6.71. The summed E-state index contributed by atoms with van der Waals surface area (Å²) in [6, 6.07) is 17.4. The number of methoxy groups -OCH3 is 1. The van der Waals surface area contributed by atoms with E-state index in [1.807, 2.05) is 59.5 Å². The van der Waals surface area contributed by atoms with Crippen LogP contribution in [0.2, 0.25) is 0 Å². The molecule has 2 aromatic carbocycles. The summed E-state index contributed by atoms with van der Waals surface area (Å²) < 4.78 is 6.87. The van der Waals surface area contributed by atoms with E-state index in [1.165, 1.54) is 0 Å². The molecular formula is C20H23N7O2. The van der Waals surface area contributed by atoms with Gasteiger partial charge in [0.25, 0.3) is 0 Å². The number of hydrogen-bond acceptors (Lipinski definition) is 6. The van der Waals surface area contributed by atoms with Crippen molar-refractivity contribution in [3.05, 3.63) is 60.2 Å². The van der Waals surface area contributed by atoms with E-state index in [1.54, 1.807) is 11.8 Å². The molecule has 2 heterocycles. The van der Waals surface area contributed by atoms with Crippen LogP contribution >= 0.6 is 0 Å². The van der Waals surface area contributed by atoms with Crippen molar-refractivity contribution in [1.29, 1.82) is 0 Å². The Kier molecular flexibility index (Phi) is 5.55. The molecule has 9 nitrogen and oxygen atoms in total. The molecule has 1 saturated heterocycles. The van der Waals surface area contributed by atoms with Gasteiger partial charge >= 0.3 is 6.03 Å². The van der Waals surface area contributed by atoms with Crippen molar-refractivity contribution >= 4 is 12.0 Å². The second kappa shape index (κ2) is 8.59. The third-order valence-electron chi connectivity index (χ3n) is 4.91. The lowest BCUT2D eigenvalue weighted by Gasteiger charge is -2.34. The Morgan fingerprint density at radius 2 is 1.76 bits per heavy atom. The lowest BCUT2D eigenvalue weighted by molar-refractivity contribution is 0.193. The number of tetrazole rings is 1. The Hall–Kier alpha value is -3.62. The van der Waals surface area contributed by atoms with Crippen LogP contribution in [0.3, 0.4) is 0 Å². The predicted molar refractivity (Wildman–Crippen MR) is 108 cm³/mol. The molecule has 4 rings (SSSR count). The maximum absolute atomic E-state index is 12.5. The van der Waals surface area contributed by atoms with Gasteiger partial charge in [-0.1, -0.05) is 35.4 Å². The molecule has 1 aromatic heterocycles. The van der Waals surface area contributed by atoms with Crippen LogP contribution in [0, 0.1) is 0 Å². The van der Waals surface area contributed by atoms with Gasteiger partial charge in [0.1, 0.15) is 5.75 Å². The number of piperazine rings is 1. The number of anilines is 1. The Balaban J connectivity index is 1.31. The number of carbonyl (C=O) groups excluding carboxylic acids is 1. The molecule has 1 fully saturated rings. The first-order valence-corrected chi connectivity index (χ1v) is 9.49. The summed E-state index contributed by atoms with van der Waals surface area (Å²) in [5, 5.41) is 15.1. The van der Waals surface area contributed by atoms with E-state index in [-0.39, 0.29) is 6.03 Å². The van der Waals surface area contributed by atoms with E-state index in [9.17, 15) is 4.79 Å². The summed E-state index contributed by atoms with van der Waals surface area (Å²) in [4.78, 5) is 16.4. The second-order valence-corrected chi connectivity index (χ2v) is 6.71. The smallest absolute Gasteiger partial charge is 0.317 e. The number of aromatic nitrogens is 4. The van der Waals surface area contributed by atoms with E-state index >= 15 is 0 Å². The Morgan fingerprint density at radius 3 is 2.45 bits per heavy atom. The minimum atomic E-state index is -0.0666. The van der Waals surface area contributed by atoms with Gasteiger partial charge < -0.3 is 19.9 Å². The number of ether oxygens (including phenoxy) is 1. The molecule has 0 bridgehead atoms. The number of nitrogens with one attached hydrogen (secondary N) is 1. The van der Waals surface area contributed by atoms with Gasteiger partial charge in [0.05, 0.1) is 12.8 Å². The largest absolute Gasteiger partial charge is 0.497 e. The summed E-state index contributed by atoms with van der Waals surface area (Å²) in [5.41, 5.74) is 1.94. The first kappa shape index (κ1) is 18.7. The van der Waals surface area contributed by atoms with Crippen molar-refractivity contribution in [2.75, 3.05) is 38.2 Å². The lowest BCUT2D eigenvalue weighted by Crippen LogP contribution is -2.52. The zero-order valence-electron chi connectivity index (χ0n) is 16.2. The fourth-order valence-electron chi connectivity index (χ4n) is 3.26. The van der Waals surface area contributed by atoms with Crippen molar-refractivity contribution in [2.45, 2.75) is 6.54 Å². The van der Waals surface area contributed by atoms with Gasteiger partial charge in [-0.15, -0.1) is 0 Å². The molecule has 0 saturated carbocycles. The van der Waals surface area contributed by atoms with Crippen LogP contribution in [0.25, 0.3) is 5.69 Å². The lowest BCUT2D eigenvalue weighted by atomic mass is 10.2. The highest BCUT2D eigenvalue weighted by molar-refractivity contribution is 5.74. The molecule has 0 spiro atoms. The summed E-state index contributed by atoms with van der Waals surface area (Å²) in [5.74, 6) is 1.49. The minimum Gasteiger partial charge on any atom is -0.497 e. The van der Waals surface area contributed by atoms with Gasteiger partial charge in [-0.3, -0.25) is 0 Å². The topological polar surface area (TPSA) is 88.4 Å². The van der Waals surface area contributed by atoms with Crippen LogP contribution in [0.5, 0.6) is 5.75 Å². The Morgan fingerprint density at radius 1 is 1.03 bits per heavy atom. The van der Waals surface area contributed by atoms with Crippen molar-refractivity contribution < 1.29 is 9.53 Å². The molecular weight excluding hydrogens is 370 g/mol. The van der Waals surface area contributed by atoms with Gasteiger partial charge in [0.2, 0.25) is 5.95 Å². The van der Waals surface area contributed by atoms with Gasteiger partial charge in [0.15, 0.2) is 0 Å². The zero-order valence-corrected chi connectivity index (χ0v) is 16.2. The minimum absolute atomic E-state index is 0.0666. The third kappa shape index (κ3) is 4.29. The van der Waals surface area contributed by atoms with Gasteiger partial charge in [-0.25, -0.2) is 4.79 Å². The van der Waals surface area contributed by atoms with Crippen LogP contribution < -0.4 is 15.0 Å². The third-order valence-corrected chi connectivity index (χ3v) is 4.91. The van der Waals surface area contributed by atoms with Crippen LogP contribution in [0.15, 0.2) is 54.6 Å². The molecule has 0 radical (unpaired) electrons. The van der Waals surface area contributed by atoms with E-state index in [0.717, 1.165) is 17.0 Å². The van der Waals surface area contributed by atoms with Crippen molar-refractivity contribution in [1.82, 2.24) is 30.4 Å². The molecule has 29 heavy (non-hydrogen) atoms. The monoisotopic (exact) mass is 393 g/mol. The summed E-state index contributed by atoms with van der Waals surface area (Å²) in [6.45, 7) is 3.04.